The Morgan fingerprint density at radius 1 is 1.30 bits per heavy atom. The van der Waals surface area contributed by atoms with Gasteiger partial charge in [0, 0.05) is 13.1 Å². The Bertz CT molecular complexity index is 463. The van der Waals surface area contributed by atoms with Crippen molar-refractivity contribution in [2.45, 2.75) is 32.2 Å². The molecule has 0 aliphatic heterocycles. The molecule has 0 spiro atoms. The molecule has 2 rings (SSSR count). The lowest BCUT2D eigenvalue weighted by molar-refractivity contribution is -0.119. The van der Waals surface area contributed by atoms with Crippen molar-refractivity contribution in [3.8, 4) is 6.01 Å². The van der Waals surface area contributed by atoms with Crippen molar-refractivity contribution in [2.75, 3.05) is 30.8 Å². The van der Waals surface area contributed by atoms with Gasteiger partial charge in [-0.1, -0.05) is 6.92 Å². The van der Waals surface area contributed by atoms with Crippen LogP contribution in [0.25, 0.3) is 0 Å². The molecule has 0 saturated heterocycles. The molecule has 1 aromatic heterocycles. The van der Waals surface area contributed by atoms with Crippen LogP contribution >= 0.6 is 0 Å². The van der Waals surface area contributed by atoms with Crippen LogP contribution in [0.5, 0.6) is 6.01 Å². The molecule has 1 aliphatic carbocycles. The third-order valence-electron chi connectivity index (χ3n) is 2.62. The summed E-state index contributed by atoms with van der Waals surface area (Å²) in [5, 5.41) is 8.59. The van der Waals surface area contributed by atoms with Gasteiger partial charge < -0.3 is 20.7 Å². The highest BCUT2D eigenvalue weighted by Crippen LogP contribution is 2.18. The summed E-state index contributed by atoms with van der Waals surface area (Å²) in [5.41, 5.74) is 0. The van der Waals surface area contributed by atoms with Gasteiger partial charge in [-0.05, 0) is 19.3 Å². The molecule has 1 heterocycles. The Morgan fingerprint density at radius 2 is 2.05 bits per heavy atom. The monoisotopic (exact) mass is 280 g/mol. The summed E-state index contributed by atoms with van der Waals surface area (Å²) >= 11 is 0. The van der Waals surface area contributed by atoms with Gasteiger partial charge in [-0.15, -0.1) is 0 Å². The maximum atomic E-state index is 11.6. The van der Waals surface area contributed by atoms with Crippen LogP contribution in [-0.2, 0) is 4.79 Å². The molecule has 20 heavy (non-hydrogen) atoms. The van der Waals surface area contributed by atoms with E-state index in [0.29, 0.717) is 24.5 Å². The molecule has 1 aliphatic rings. The minimum atomic E-state index is -0.0602. The number of carbonyl (C=O) groups is 1. The molecular weight excluding hydrogens is 260 g/mol. The minimum Gasteiger partial charge on any atom is -0.463 e. The molecule has 1 fully saturated rings. The fourth-order valence-electron chi connectivity index (χ4n) is 1.47. The highest BCUT2D eigenvalue weighted by molar-refractivity contribution is 5.80. The zero-order chi connectivity index (χ0) is 14.4. The largest absolute Gasteiger partial charge is 0.463 e. The van der Waals surface area contributed by atoms with Crippen molar-refractivity contribution >= 4 is 17.8 Å². The molecule has 1 aromatic rings. The molecule has 0 bridgehead atoms. The molecule has 1 amide bonds. The van der Waals surface area contributed by atoms with Gasteiger partial charge in [0.25, 0.3) is 0 Å². The molecule has 8 heteroatoms. The van der Waals surface area contributed by atoms with Crippen LogP contribution in [0, 0.1) is 0 Å². The molecule has 0 atom stereocenters. The Labute approximate surface area is 117 Å². The van der Waals surface area contributed by atoms with Crippen LogP contribution in [0.4, 0.5) is 11.9 Å². The van der Waals surface area contributed by atoms with Crippen LogP contribution in [0.15, 0.2) is 0 Å². The standard InChI is InChI=1S/C12H20N6O2/c1-3-6-20-12-17-10(13-2)16-11(18-12)14-7-9(19)15-8-4-5-8/h8H,3-7H2,1-2H3,(H,15,19)(H2,13,14,16,17,18). The average Bonchev–Trinajstić information content (AvgIpc) is 3.26. The fraction of sp³-hybridized carbons (Fsp3) is 0.667. The van der Waals surface area contributed by atoms with E-state index in [2.05, 4.69) is 30.9 Å². The van der Waals surface area contributed by atoms with E-state index in [0.717, 1.165) is 19.3 Å². The summed E-state index contributed by atoms with van der Waals surface area (Å²) < 4.78 is 5.38. The molecule has 1 saturated carbocycles. The van der Waals surface area contributed by atoms with Gasteiger partial charge in [-0.2, -0.15) is 15.0 Å². The number of amides is 1. The maximum absolute atomic E-state index is 11.6. The summed E-state index contributed by atoms with van der Waals surface area (Å²) in [7, 11) is 1.71. The molecule has 0 radical (unpaired) electrons. The van der Waals surface area contributed by atoms with Crippen molar-refractivity contribution in [3.05, 3.63) is 0 Å². The number of carbonyl (C=O) groups excluding carboxylic acids is 1. The second-order valence-electron chi connectivity index (χ2n) is 4.56. The second kappa shape index (κ2) is 6.88. The van der Waals surface area contributed by atoms with Crippen molar-refractivity contribution in [2.24, 2.45) is 0 Å². The normalized spacial score (nSPS) is 13.7. The molecule has 8 nitrogen and oxygen atoms in total. The first kappa shape index (κ1) is 14.3. The lowest BCUT2D eigenvalue weighted by Gasteiger charge is -2.09. The van der Waals surface area contributed by atoms with Gasteiger partial charge in [0.15, 0.2) is 0 Å². The smallest absolute Gasteiger partial charge is 0.323 e. The first-order valence-electron chi connectivity index (χ1n) is 6.81. The number of nitrogens with zero attached hydrogens (tertiary/aromatic N) is 3. The summed E-state index contributed by atoms with van der Waals surface area (Å²) in [5.74, 6) is 0.660. The van der Waals surface area contributed by atoms with Crippen molar-refractivity contribution < 1.29 is 9.53 Å². The van der Waals surface area contributed by atoms with Crippen LogP contribution < -0.4 is 20.7 Å². The summed E-state index contributed by atoms with van der Waals surface area (Å²) in [6, 6.07) is 0.593. The van der Waals surface area contributed by atoms with Crippen LogP contribution in [0.3, 0.4) is 0 Å². The predicted octanol–water partition coefficient (Wildman–Crippen LogP) is 0.393. The quantitative estimate of drug-likeness (QED) is 0.633. The van der Waals surface area contributed by atoms with E-state index >= 15 is 0 Å². The second-order valence-corrected chi connectivity index (χ2v) is 4.56. The van der Waals surface area contributed by atoms with Crippen LogP contribution in [0.1, 0.15) is 26.2 Å². The Balaban J connectivity index is 1.92. The number of ether oxygens (including phenoxy) is 1. The zero-order valence-electron chi connectivity index (χ0n) is 11.8. The Morgan fingerprint density at radius 3 is 2.70 bits per heavy atom. The number of nitrogens with one attached hydrogen (secondary N) is 3. The van der Waals surface area contributed by atoms with E-state index in [-0.39, 0.29) is 18.5 Å². The first-order valence-corrected chi connectivity index (χ1v) is 6.81. The van der Waals surface area contributed by atoms with E-state index in [1.165, 1.54) is 0 Å². The predicted molar refractivity (Wildman–Crippen MR) is 74.8 cm³/mol. The van der Waals surface area contributed by atoms with Crippen molar-refractivity contribution in [1.29, 1.82) is 0 Å². The van der Waals surface area contributed by atoms with Gasteiger partial charge in [-0.25, -0.2) is 0 Å². The van der Waals surface area contributed by atoms with E-state index < -0.39 is 0 Å². The van der Waals surface area contributed by atoms with Gasteiger partial charge in [0.2, 0.25) is 17.8 Å². The minimum absolute atomic E-state index is 0.0602. The average molecular weight is 280 g/mol. The van der Waals surface area contributed by atoms with Gasteiger partial charge in [0.1, 0.15) is 0 Å². The van der Waals surface area contributed by atoms with Gasteiger partial charge in [0.05, 0.1) is 13.2 Å². The number of rotatable bonds is 8. The summed E-state index contributed by atoms with van der Waals surface area (Å²) in [6.45, 7) is 2.67. The molecule has 110 valence electrons. The zero-order valence-corrected chi connectivity index (χ0v) is 11.8. The first-order chi connectivity index (χ1) is 9.71. The summed E-state index contributed by atoms with van der Waals surface area (Å²) in [4.78, 5) is 23.9. The number of aromatic nitrogens is 3. The topological polar surface area (TPSA) is 101 Å². The summed E-state index contributed by atoms with van der Waals surface area (Å²) in [6.07, 6.45) is 3.00. The SMILES string of the molecule is CCCOc1nc(NC)nc(NCC(=O)NC2CC2)n1. The van der Waals surface area contributed by atoms with Crippen molar-refractivity contribution in [3.63, 3.8) is 0 Å². The lowest BCUT2D eigenvalue weighted by atomic mass is 10.5. The van der Waals surface area contributed by atoms with E-state index in [1.54, 1.807) is 7.05 Å². The molecule has 0 unspecified atom stereocenters. The third-order valence-corrected chi connectivity index (χ3v) is 2.62. The molecular formula is C12H20N6O2. The van der Waals surface area contributed by atoms with E-state index in [9.17, 15) is 4.79 Å². The lowest BCUT2D eigenvalue weighted by Crippen LogP contribution is -2.31. The third kappa shape index (κ3) is 4.52. The van der Waals surface area contributed by atoms with Crippen LogP contribution in [-0.4, -0.2) is 47.1 Å². The van der Waals surface area contributed by atoms with Crippen molar-refractivity contribution in [1.82, 2.24) is 20.3 Å². The number of hydrogen-bond acceptors (Lipinski definition) is 7. The fourth-order valence-corrected chi connectivity index (χ4v) is 1.47. The van der Waals surface area contributed by atoms with Crippen LogP contribution in [0.2, 0.25) is 0 Å². The maximum Gasteiger partial charge on any atom is 0.323 e. The Kier molecular flexibility index (Phi) is 4.91. The highest BCUT2D eigenvalue weighted by atomic mass is 16.5. The van der Waals surface area contributed by atoms with Gasteiger partial charge >= 0.3 is 6.01 Å². The molecule has 3 N–H and O–H groups in total. The number of hydrogen-bond donors (Lipinski definition) is 3. The Hall–Kier alpha value is -2.12. The molecule has 0 aromatic carbocycles. The van der Waals surface area contributed by atoms with E-state index in [4.69, 9.17) is 4.74 Å². The van der Waals surface area contributed by atoms with E-state index in [1.807, 2.05) is 6.92 Å². The highest BCUT2D eigenvalue weighted by Gasteiger charge is 2.23. The van der Waals surface area contributed by atoms with Gasteiger partial charge in [-0.3, -0.25) is 4.79 Å². The number of anilines is 2.